The Morgan fingerprint density at radius 2 is 1.88 bits per heavy atom. The third-order valence-electron chi connectivity index (χ3n) is 3.55. The molecule has 1 N–H and O–H groups in total. The molecule has 0 saturated carbocycles. The highest BCUT2D eigenvalue weighted by Gasteiger charge is 2.37. The van der Waals surface area contributed by atoms with Crippen molar-refractivity contribution in [2.24, 2.45) is 5.10 Å². The molecule has 3 aromatic rings. The zero-order chi connectivity index (χ0) is 18.2. The van der Waals surface area contributed by atoms with E-state index in [2.05, 4.69) is 20.4 Å². The van der Waals surface area contributed by atoms with Crippen molar-refractivity contribution in [3.8, 4) is 5.69 Å². The molecule has 0 aliphatic rings. The molecule has 2 heterocycles. The molecular weight excluding hydrogens is 353 g/mol. The van der Waals surface area contributed by atoms with Gasteiger partial charge in [-0.15, -0.1) is 5.10 Å². The number of H-pyrrole nitrogens is 1. The molecule has 0 fully saturated rings. The molecular formula is C15H13F3N6S. The van der Waals surface area contributed by atoms with Gasteiger partial charge in [0.1, 0.15) is 0 Å². The number of aromatic nitrogens is 5. The molecule has 6 nitrogen and oxygen atoms in total. The van der Waals surface area contributed by atoms with Crippen molar-refractivity contribution in [3.05, 3.63) is 57.9 Å². The highest BCUT2D eigenvalue weighted by Crippen LogP contribution is 2.27. The largest absolute Gasteiger partial charge is 0.453 e. The van der Waals surface area contributed by atoms with E-state index in [9.17, 15) is 13.2 Å². The number of alkyl halides is 3. The van der Waals surface area contributed by atoms with Crippen LogP contribution in [0.2, 0.25) is 0 Å². The number of halogens is 3. The second-order valence-corrected chi connectivity index (χ2v) is 5.63. The normalized spacial score (nSPS) is 12.2. The molecule has 0 saturated heterocycles. The van der Waals surface area contributed by atoms with E-state index >= 15 is 0 Å². The molecule has 10 heteroatoms. The van der Waals surface area contributed by atoms with E-state index < -0.39 is 12.0 Å². The van der Waals surface area contributed by atoms with Gasteiger partial charge in [0.25, 0.3) is 5.82 Å². The Hall–Kier alpha value is -2.75. The molecule has 3 rings (SSSR count). The van der Waals surface area contributed by atoms with Gasteiger partial charge in [0.05, 0.1) is 23.3 Å². The van der Waals surface area contributed by atoms with Crippen LogP contribution in [0.25, 0.3) is 5.69 Å². The third-order valence-corrected chi connectivity index (χ3v) is 3.82. The summed E-state index contributed by atoms with van der Waals surface area (Å²) in [5.74, 6) is -1.21. The van der Waals surface area contributed by atoms with Crippen LogP contribution in [0.1, 0.15) is 22.8 Å². The number of hydrogen-bond acceptors (Lipinski definition) is 4. The fourth-order valence-electron chi connectivity index (χ4n) is 2.36. The van der Waals surface area contributed by atoms with Crippen LogP contribution < -0.4 is 0 Å². The Balaban J connectivity index is 2.03. The first kappa shape index (κ1) is 17.1. The zero-order valence-corrected chi connectivity index (χ0v) is 14.1. The summed E-state index contributed by atoms with van der Waals surface area (Å²) in [6.45, 7) is 3.57. The van der Waals surface area contributed by atoms with Crippen molar-refractivity contribution in [2.45, 2.75) is 20.0 Å². The number of aromatic amines is 1. The minimum Gasteiger partial charge on any atom is -0.250 e. The van der Waals surface area contributed by atoms with E-state index in [0.29, 0.717) is 15.9 Å². The molecule has 0 radical (unpaired) electrons. The number of nitrogens with zero attached hydrogens (tertiary/aromatic N) is 5. The molecule has 0 spiro atoms. The minimum atomic E-state index is -4.66. The van der Waals surface area contributed by atoms with Crippen LogP contribution >= 0.6 is 12.2 Å². The van der Waals surface area contributed by atoms with Gasteiger partial charge < -0.3 is 0 Å². The van der Waals surface area contributed by atoms with Crippen molar-refractivity contribution < 1.29 is 13.2 Å². The number of nitrogens with one attached hydrogen (secondary N) is 1. The van der Waals surface area contributed by atoms with Gasteiger partial charge in [0.2, 0.25) is 4.77 Å². The minimum absolute atomic E-state index is 0.241. The van der Waals surface area contributed by atoms with Crippen molar-refractivity contribution in [3.63, 3.8) is 0 Å². The first-order valence-electron chi connectivity index (χ1n) is 7.19. The van der Waals surface area contributed by atoms with Gasteiger partial charge in [-0.25, -0.2) is 9.78 Å². The first-order valence-corrected chi connectivity index (χ1v) is 7.60. The van der Waals surface area contributed by atoms with E-state index in [1.807, 2.05) is 37.3 Å². The van der Waals surface area contributed by atoms with Crippen LogP contribution in [0, 0.1) is 18.6 Å². The fraction of sp³-hybridized carbons (Fsp3) is 0.200. The molecule has 0 unspecified atom stereocenters. The highest BCUT2D eigenvalue weighted by atomic mass is 32.1. The lowest BCUT2D eigenvalue weighted by molar-refractivity contribution is -0.147. The van der Waals surface area contributed by atoms with Crippen LogP contribution in [-0.2, 0) is 6.18 Å². The summed E-state index contributed by atoms with van der Waals surface area (Å²) in [5.41, 5.74) is 2.84. The second-order valence-electron chi connectivity index (χ2n) is 5.24. The molecule has 0 atom stereocenters. The van der Waals surface area contributed by atoms with Gasteiger partial charge in [0, 0.05) is 5.56 Å². The Kier molecular flexibility index (Phi) is 4.29. The summed E-state index contributed by atoms with van der Waals surface area (Å²) in [7, 11) is 0. The zero-order valence-electron chi connectivity index (χ0n) is 13.2. The summed E-state index contributed by atoms with van der Waals surface area (Å²) in [6, 6.07) is 9.40. The molecule has 0 aliphatic heterocycles. The van der Waals surface area contributed by atoms with E-state index in [1.54, 1.807) is 11.6 Å². The van der Waals surface area contributed by atoms with Crippen molar-refractivity contribution in [2.75, 3.05) is 0 Å². The van der Waals surface area contributed by atoms with E-state index in [0.717, 1.165) is 11.4 Å². The number of rotatable bonds is 3. The van der Waals surface area contributed by atoms with Crippen LogP contribution in [0.3, 0.4) is 0 Å². The standard InChI is InChI=1S/C15H13F3N6S/c1-9-12(10(2)23(22-9)11-6-4-3-5-7-11)8-19-24-13(15(16,17)18)20-21-14(24)25/h3-8H,1-2H3,(H,21,25)/b19-8+. The topological polar surface area (TPSA) is 63.8 Å². The first-order chi connectivity index (χ1) is 11.8. The maximum Gasteiger partial charge on any atom is 0.453 e. The molecule has 25 heavy (non-hydrogen) atoms. The lowest BCUT2D eigenvalue weighted by atomic mass is 10.2. The molecule has 0 aliphatic carbocycles. The van der Waals surface area contributed by atoms with Gasteiger partial charge >= 0.3 is 6.18 Å². The molecule has 2 aromatic heterocycles. The number of para-hydroxylation sites is 1. The summed E-state index contributed by atoms with van der Waals surface area (Å²) in [5, 5.41) is 13.6. The Labute approximate surface area is 145 Å². The van der Waals surface area contributed by atoms with Crippen molar-refractivity contribution in [1.82, 2.24) is 24.7 Å². The fourth-order valence-corrected chi connectivity index (χ4v) is 2.54. The Morgan fingerprint density at radius 3 is 2.52 bits per heavy atom. The summed E-state index contributed by atoms with van der Waals surface area (Å²) < 4.78 is 40.8. The van der Waals surface area contributed by atoms with E-state index in [1.165, 1.54) is 6.21 Å². The molecule has 0 bridgehead atoms. The molecule has 130 valence electrons. The number of benzene rings is 1. The van der Waals surface area contributed by atoms with Crippen molar-refractivity contribution >= 4 is 18.4 Å². The van der Waals surface area contributed by atoms with Crippen LogP contribution in [0.15, 0.2) is 35.4 Å². The van der Waals surface area contributed by atoms with Crippen LogP contribution in [-0.4, -0.2) is 30.9 Å². The van der Waals surface area contributed by atoms with E-state index in [4.69, 9.17) is 12.2 Å². The smallest absolute Gasteiger partial charge is 0.250 e. The van der Waals surface area contributed by atoms with Crippen LogP contribution in [0.5, 0.6) is 0 Å². The second kappa shape index (κ2) is 6.28. The van der Waals surface area contributed by atoms with Crippen LogP contribution in [0.4, 0.5) is 13.2 Å². The summed E-state index contributed by atoms with van der Waals surface area (Å²) in [4.78, 5) is 0. The molecule has 1 aromatic carbocycles. The highest BCUT2D eigenvalue weighted by molar-refractivity contribution is 7.71. The predicted octanol–water partition coefficient (Wildman–Crippen LogP) is 3.64. The Bertz CT molecular complexity index is 981. The summed E-state index contributed by atoms with van der Waals surface area (Å²) >= 11 is 4.81. The lowest BCUT2D eigenvalue weighted by Gasteiger charge is -2.04. The number of aryl methyl sites for hydroxylation is 1. The van der Waals surface area contributed by atoms with Gasteiger partial charge in [-0.3, -0.25) is 0 Å². The lowest BCUT2D eigenvalue weighted by Crippen LogP contribution is -2.13. The SMILES string of the molecule is Cc1nn(-c2ccccc2)c(C)c1/C=N/n1c(C(F)(F)F)n[nH]c1=S. The average Bonchev–Trinajstić information content (AvgIpc) is 3.07. The van der Waals surface area contributed by atoms with Crippen molar-refractivity contribution in [1.29, 1.82) is 0 Å². The molecule has 0 amide bonds. The maximum absolute atomic E-state index is 12.9. The van der Waals surface area contributed by atoms with Gasteiger partial charge in [-0.05, 0) is 38.2 Å². The maximum atomic E-state index is 12.9. The van der Waals surface area contributed by atoms with Gasteiger partial charge in [-0.2, -0.15) is 28.0 Å². The van der Waals surface area contributed by atoms with E-state index in [-0.39, 0.29) is 4.77 Å². The van der Waals surface area contributed by atoms with Gasteiger partial charge in [0.15, 0.2) is 0 Å². The predicted molar refractivity (Wildman–Crippen MR) is 88.4 cm³/mol. The quantitative estimate of drug-likeness (QED) is 0.569. The average molecular weight is 366 g/mol. The monoisotopic (exact) mass is 366 g/mol. The van der Waals surface area contributed by atoms with Gasteiger partial charge in [-0.1, -0.05) is 18.2 Å². The Morgan fingerprint density at radius 1 is 1.20 bits per heavy atom. The third kappa shape index (κ3) is 3.25. The summed E-state index contributed by atoms with van der Waals surface area (Å²) in [6.07, 6.45) is -3.36. The number of hydrogen-bond donors (Lipinski definition) is 1.